The normalized spacial score (nSPS) is 11.8. The molecule has 0 spiro atoms. The molecule has 5 heteroatoms. The third-order valence-corrected chi connectivity index (χ3v) is 5.20. The molecule has 2 aromatic carbocycles. The highest BCUT2D eigenvalue weighted by atomic mass is 79.9. The lowest BCUT2D eigenvalue weighted by atomic mass is 10.2. The van der Waals surface area contributed by atoms with E-state index in [1.165, 1.54) is 5.56 Å². The van der Waals surface area contributed by atoms with Gasteiger partial charge in [-0.3, -0.25) is 0 Å². The fourth-order valence-corrected chi connectivity index (χ4v) is 3.79. The number of furan rings is 1. The number of halogens is 1. The largest absolute Gasteiger partial charge is 0.467 e. The molecule has 0 saturated carbocycles. The monoisotopic (exact) mass is 410 g/mol. The molecule has 0 fully saturated rings. The van der Waals surface area contributed by atoms with Gasteiger partial charge in [0.2, 0.25) is 0 Å². The molecule has 0 N–H and O–H groups in total. The molecule has 0 saturated heterocycles. The summed E-state index contributed by atoms with van der Waals surface area (Å²) in [5.74, 6) is 0.910. The van der Waals surface area contributed by atoms with Crippen LogP contribution in [-0.4, -0.2) is 4.57 Å². The lowest BCUT2D eigenvalue weighted by molar-refractivity contribution is 0.492. The number of thiazole rings is 1. The number of hydrogen-bond donors (Lipinski definition) is 0. The van der Waals surface area contributed by atoms with Gasteiger partial charge in [0.1, 0.15) is 5.76 Å². The van der Waals surface area contributed by atoms with Crippen molar-refractivity contribution in [1.29, 1.82) is 0 Å². The molecule has 4 aromatic rings. The van der Waals surface area contributed by atoms with E-state index >= 15 is 0 Å². The lowest BCUT2D eigenvalue weighted by Crippen LogP contribution is -2.16. The first-order chi connectivity index (χ1) is 12.3. The van der Waals surface area contributed by atoms with E-state index in [1.807, 2.05) is 42.5 Å². The van der Waals surface area contributed by atoms with Crippen molar-refractivity contribution in [3.8, 4) is 11.3 Å². The van der Waals surface area contributed by atoms with E-state index in [1.54, 1.807) is 17.6 Å². The number of benzene rings is 2. The van der Waals surface area contributed by atoms with Crippen LogP contribution in [0.4, 0.5) is 5.69 Å². The average molecular weight is 411 g/mol. The molecule has 3 nitrogen and oxygen atoms in total. The zero-order valence-electron chi connectivity index (χ0n) is 13.3. The second kappa shape index (κ2) is 7.25. The second-order valence-corrected chi connectivity index (χ2v) is 7.28. The van der Waals surface area contributed by atoms with Gasteiger partial charge in [-0.2, -0.15) is 0 Å². The summed E-state index contributed by atoms with van der Waals surface area (Å²) in [4.78, 5) is 5.77. The highest BCUT2D eigenvalue weighted by molar-refractivity contribution is 9.10. The Morgan fingerprint density at radius 2 is 1.76 bits per heavy atom. The van der Waals surface area contributed by atoms with Crippen LogP contribution in [0.1, 0.15) is 5.76 Å². The molecule has 124 valence electrons. The van der Waals surface area contributed by atoms with Crippen LogP contribution < -0.4 is 4.80 Å². The maximum absolute atomic E-state index is 5.55. The quantitative estimate of drug-likeness (QED) is 0.414. The number of aromatic nitrogens is 1. The fourth-order valence-electron chi connectivity index (χ4n) is 2.60. The predicted molar refractivity (Wildman–Crippen MR) is 105 cm³/mol. The smallest absolute Gasteiger partial charge is 0.190 e. The third kappa shape index (κ3) is 3.67. The predicted octanol–water partition coefficient (Wildman–Crippen LogP) is 5.85. The average Bonchev–Trinajstić information content (AvgIpc) is 3.29. The molecule has 0 aliphatic rings. The molecule has 0 unspecified atom stereocenters. The number of nitrogens with zero attached hydrogens (tertiary/aromatic N) is 2. The van der Waals surface area contributed by atoms with Gasteiger partial charge in [0, 0.05) is 9.85 Å². The Hall–Kier alpha value is -2.37. The molecule has 2 heterocycles. The molecule has 0 aliphatic heterocycles. The van der Waals surface area contributed by atoms with Gasteiger partial charge in [-0.15, -0.1) is 11.3 Å². The highest BCUT2D eigenvalue weighted by Crippen LogP contribution is 2.22. The van der Waals surface area contributed by atoms with Gasteiger partial charge in [-0.1, -0.05) is 46.3 Å². The maximum Gasteiger partial charge on any atom is 0.190 e. The molecule has 25 heavy (non-hydrogen) atoms. The van der Waals surface area contributed by atoms with E-state index in [0.717, 1.165) is 26.4 Å². The minimum Gasteiger partial charge on any atom is -0.467 e. The van der Waals surface area contributed by atoms with Crippen LogP contribution in [0.3, 0.4) is 0 Å². The Bertz CT molecular complexity index is 1020. The summed E-state index contributed by atoms with van der Waals surface area (Å²) in [7, 11) is 0. The van der Waals surface area contributed by atoms with E-state index in [2.05, 4.69) is 50.1 Å². The summed E-state index contributed by atoms with van der Waals surface area (Å²) < 4.78 is 8.80. The Morgan fingerprint density at radius 1 is 0.960 bits per heavy atom. The first-order valence-electron chi connectivity index (χ1n) is 7.86. The van der Waals surface area contributed by atoms with Gasteiger partial charge in [0.25, 0.3) is 0 Å². The second-order valence-electron chi connectivity index (χ2n) is 5.52. The summed E-state index contributed by atoms with van der Waals surface area (Å²) in [6, 6.07) is 22.3. The SMILES string of the molecule is Brc1ccc(N=c2scc(-c3ccccc3)n2Cc2ccco2)cc1. The molecule has 4 rings (SSSR count). The van der Waals surface area contributed by atoms with Gasteiger partial charge < -0.3 is 8.98 Å². The summed E-state index contributed by atoms with van der Waals surface area (Å²) in [6.07, 6.45) is 1.70. The van der Waals surface area contributed by atoms with E-state index in [-0.39, 0.29) is 0 Å². The first-order valence-corrected chi connectivity index (χ1v) is 9.53. The summed E-state index contributed by atoms with van der Waals surface area (Å²) in [5, 5.41) is 2.15. The Labute approximate surface area is 158 Å². The molecular formula is C20H15BrN2OS. The van der Waals surface area contributed by atoms with Crippen molar-refractivity contribution < 1.29 is 4.42 Å². The molecule has 2 aromatic heterocycles. The van der Waals surface area contributed by atoms with Crippen molar-refractivity contribution in [2.24, 2.45) is 4.99 Å². The van der Waals surface area contributed by atoms with Crippen molar-refractivity contribution in [3.05, 3.63) is 93.4 Å². The number of hydrogen-bond acceptors (Lipinski definition) is 3. The minimum absolute atomic E-state index is 0.649. The van der Waals surface area contributed by atoms with Crippen LogP contribution in [-0.2, 0) is 6.54 Å². The van der Waals surface area contributed by atoms with E-state index < -0.39 is 0 Å². The molecule has 0 atom stereocenters. The van der Waals surface area contributed by atoms with E-state index in [0.29, 0.717) is 6.54 Å². The molecule has 0 aliphatic carbocycles. The van der Waals surface area contributed by atoms with Crippen LogP contribution >= 0.6 is 27.3 Å². The van der Waals surface area contributed by atoms with Gasteiger partial charge in [-0.05, 0) is 42.0 Å². The minimum atomic E-state index is 0.649. The Morgan fingerprint density at radius 3 is 2.48 bits per heavy atom. The lowest BCUT2D eigenvalue weighted by Gasteiger charge is -2.07. The maximum atomic E-state index is 5.55. The van der Waals surface area contributed by atoms with Crippen LogP contribution in [0.5, 0.6) is 0 Å². The van der Waals surface area contributed by atoms with Crippen molar-refractivity contribution in [3.63, 3.8) is 0 Å². The molecular weight excluding hydrogens is 396 g/mol. The van der Waals surface area contributed by atoms with Crippen LogP contribution in [0.15, 0.2) is 92.3 Å². The van der Waals surface area contributed by atoms with Crippen molar-refractivity contribution in [2.45, 2.75) is 6.54 Å². The molecule has 0 bridgehead atoms. The summed E-state index contributed by atoms with van der Waals surface area (Å²) in [5.41, 5.74) is 3.23. The number of rotatable bonds is 4. The van der Waals surface area contributed by atoms with E-state index in [9.17, 15) is 0 Å². The van der Waals surface area contributed by atoms with Crippen molar-refractivity contribution in [2.75, 3.05) is 0 Å². The van der Waals surface area contributed by atoms with Crippen LogP contribution in [0, 0.1) is 0 Å². The Balaban J connectivity index is 1.83. The molecule has 0 radical (unpaired) electrons. The van der Waals surface area contributed by atoms with Crippen LogP contribution in [0.25, 0.3) is 11.3 Å². The van der Waals surface area contributed by atoms with Gasteiger partial charge in [0.05, 0.1) is 24.2 Å². The third-order valence-electron chi connectivity index (χ3n) is 3.81. The molecule has 0 amide bonds. The highest BCUT2D eigenvalue weighted by Gasteiger charge is 2.10. The van der Waals surface area contributed by atoms with Gasteiger partial charge >= 0.3 is 0 Å². The Kier molecular flexibility index (Phi) is 4.68. The summed E-state index contributed by atoms with van der Waals surface area (Å²) >= 11 is 5.10. The fraction of sp³-hybridized carbons (Fsp3) is 0.0500. The van der Waals surface area contributed by atoms with Crippen LogP contribution in [0.2, 0.25) is 0 Å². The first kappa shape index (κ1) is 16.1. The van der Waals surface area contributed by atoms with Gasteiger partial charge in [0.15, 0.2) is 4.80 Å². The van der Waals surface area contributed by atoms with E-state index in [4.69, 9.17) is 9.41 Å². The summed E-state index contributed by atoms with van der Waals surface area (Å²) in [6.45, 7) is 0.649. The standard InChI is InChI=1S/C20H15BrN2OS/c21-16-8-10-17(11-9-16)22-20-23(13-18-7-4-12-24-18)19(14-25-20)15-5-2-1-3-6-15/h1-12,14H,13H2. The topological polar surface area (TPSA) is 30.4 Å². The van der Waals surface area contributed by atoms with Crippen molar-refractivity contribution >= 4 is 33.0 Å². The van der Waals surface area contributed by atoms with Crippen molar-refractivity contribution in [1.82, 2.24) is 4.57 Å². The zero-order valence-corrected chi connectivity index (χ0v) is 15.7. The van der Waals surface area contributed by atoms with Gasteiger partial charge in [-0.25, -0.2) is 4.99 Å². The zero-order chi connectivity index (χ0) is 17.1.